The summed E-state index contributed by atoms with van der Waals surface area (Å²) in [7, 11) is 3.00. The van der Waals surface area contributed by atoms with Gasteiger partial charge in [0.1, 0.15) is 5.69 Å². The smallest absolute Gasteiger partial charge is 0.328 e. The molecule has 0 unspecified atom stereocenters. The Labute approximate surface area is 140 Å². The van der Waals surface area contributed by atoms with Gasteiger partial charge in [0.05, 0.1) is 20.3 Å². The molecule has 0 atom stereocenters. The Bertz CT molecular complexity index is 625. The Hall–Kier alpha value is -2.45. The van der Waals surface area contributed by atoms with Gasteiger partial charge in [0.15, 0.2) is 5.75 Å². The van der Waals surface area contributed by atoms with E-state index in [1.807, 2.05) is 13.8 Å². The summed E-state index contributed by atoms with van der Waals surface area (Å²) < 4.78 is 27.2. The van der Waals surface area contributed by atoms with Crippen molar-refractivity contribution in [2.45, 2.75) is 20.1 Å². The van der Waals surface area contributed by atoms with E-state index in [0.29, 0.717) is 36.4 Å². The number of nitrogens with zero attached hydrogens (tertiary/aromatic N) is 3. The maximum absolute atomic E-state index is 5.76. The van der Waals surface area contributed by atoms with Crippen molar-refractivity contribution in [1.29, 1.82) is 0 Å². The van der Waals surface area contributed by atoms with Crippen LogP contribution in [-0.2, 0) is 9.47 Å². The molecule has 0 radical (unpaired) electrons. The summed E-state index contributed by atoms with van der Waals surface area (Å²) in [6, 6.07) is 5.11. The van der Waals surface area contributed by atoms with Gasteiger partial charge in [0, 0.05) is 19.4 Å². The quantitative estimate of drug-likeness (QED) is 0.647. The lowest BCUT2D eigenvalue weighted by Gasteiger charge is -2.18. The Balaban J connectivity index is 2.33. The van der Waals surface area contributed by atoms with Crippen molar-refractivity contribution < 1.29 is 23.7 Å². The van der Waals surface area contributed by atoms with Gasteiger partial charge in [-0.05, 0) is 26.0 Å². The summed E-state index contributed by atoms with van der Waals surface area (Å²) in [4.78, 5) is 12.6. The third-order valence-corrected chi connectivity index (χ3v) is 2.94. The van der Waals surface area contributed by atoms with Crippen LogP contribution in [0.2, 0.25) is 0 Å². The molecule has 2 rings (SSSR count). The van der Waals surface area contributed by atoms with Gasteiger partial charge < -0.3 is 23.7 Å². The number of rotatable bonds is 9. The van der Waals surface area contributed by atoms with Crippen molar-refractivity contribution in [3.63, 3.8) is 0 Å². The molecular weight excluding hydrogens is 314 g/mol. The molecule has 0 aliphatic rings. The third-order valence-electron chi connectivity index (χ3n) is 2.94. The molecule has 0 aliphatic carbocycles. The van der Waals surface area contributed by atoms with E-state index in [1.54, 1.807) is 24.4 Å². The van der Waals surface area contributed by atoms with Gasteiger partial charge in [-0.15, -0.1) is 0 Å². The van der Waals surface area contributed by atoms with Gasteiger partial charge in [-0.1, -0.05) is 0 Å². The maximum atomic E-state index is 5.76. The van der Waals surface area contributed by atoms with Crippen LogP contribution in [0.15, 0.2) is 24.4 Å². The van der Waals surface area contributed by atoms with Gasteiger partial charge in [0.2, 0.25) is 18.1 Å². The zero-order chi connectivity index (χ0) is 17.4. The molecule has 2 aromatic rings. The van der Waals surface area contributed by atoms with E-state index in [-0.39, 0.29) is 6.01 Å². The Morgan fingerprint density at radius 2 is 1.62 bits per heavy atom. The molecular formula is C16H21N3O5. The zero-order valence-corrected chi connectivity index (χ0v) is 14.2. The minimum Gasteiger partial charge on any atom is -0.481 e. The number of methoxy groups -OCH3 is 2. The van der Waals surface area contributed by atoms with Crippen LogP contribution in [0.3, 0.4) is 0 Å². The lowest BCUT2D eigenvalue weighted by atomic mass is 10.3. The minimum atomic E-state index is -0.635. The summed E-state index contributed by atoms with van der Waals surface area (Å²) in [6.07, 6.45) is 1.00. The molecule has 0 saturated heterocycles. The van der Waals surface area contributed by atoms with E-state index in [1.165, 1.54) is 14.2 Å². The van der Waals surface area contributed by atoms with E-state index in [2.05, 4.69) is 15.0 Å². The second kappa shape index (κ2) is 8.99. The summed E-state index contributed by atoms with van der Waals surface area (Å²) in [5, 5.41) is 0. The maximum Gasteiger partial charge on any atom is 0.328 e. The van der Waals surface area contributed by atoms with Crippen LogP contribution in [0.5, 0.6) is 23.5 Å². The fraction of sp³-hybridized carbons (Fsp3) is 0.438. The van der Waals surface area contributed by atoms with Gasteiger partial charge in [-0.3, -0.25) is 4.98 Å². The average Bonchev–Trinajstić information content (AvgIpc) is 2.61. The summed E-state index contributed by atoms with van der Waals surface area (Å²) in [5.41, 5.74) is 0.506. The SMILES string of the molecule is CCOC(OCC)c1ncccc1Oc1nc(OC)cc(OC)n1. The van der Waals surface area contributed by atoms with Crippen LogP contribution in [0.4, 0.5) is 0 Å². The fourth-order valence-electron chi connectivity index (χ4n) is 1.91. The predicted octanol–water partition coefficient (Wildman–Crippen LogP) is 2.75. The topological polar surface area (TPSA) is 84.8 Å². The van der Waals surface area contributed by atoms with Gasteiger partial charge in [-0.25, -0.2) is 0 Å². The highest BCUT2D eigenvalue weighted by atomic mass is 16.7. The fourth-order valence-corrected chi connectivity index (χ4v) is 1.91. The Morgan fingerprint density at radius 1 is 1.00 bits per heavy atom. The van der Waals surface area contributed by atoms with Crippen LogP contribution >= 0.6 is 0 Å². The molecule has 24 heavy (non-hydrogen) atoms. The first-order chi connectivity index (χ1) is 11.7. The van der Waals surface area contributed by atoms with Crippen LogP contribution in [0, 0.1) is 0 Å². The van der Waals surface area contributed by atoms with Crippen LogP contribution < -0.4 is 14.2 Å². The van der Waals surface area contributed by atoms with Crippen LogP contribution in [0.25, 0.3) is 0 Å². The average molecular weight is 335 g/mol. The molecule has 0 bridgehead atoms. The first-order valence-corrected chi connectivity index (χ1v) is 7.54. The summed E-state index contributed by atoms with van der Waals surface area (Å²) >= 11 is 0. The molecule has 0 N–H and O–H groups in total. The molecule has 0 fully saturated rings. The standard InChI is InChI=1S/C16H21N3O5/c1-5-22-15(23-6-2)14-11(8-7-9-17-14)24-16-18-12(20-3)10-13(19-16)21-4/h7-10,15H,5-6H2,1-4H3. The van der Waals surface area contributed by atoms with E-state index < -0.39 is 6.29 Å². The van der Waals surface area contributed by atoms with E-state index in [4.69, 9.17) is 23.7 Å². The third kappa shape index (κ3) is 4.53. The first-order valence-electron chi connectivity index (χ1n) is 7.54. The second-order valence-electron chi connectivity index (χ2n) is 4.47. The number of aromatic nitrogens is 3. The van der Waals surface area contributed by atoms with Crippen molar-refractivity contribution >= 4 is 0 Å². The van der Waals surface area contributed by atoms with E-state index in [0.717, 1.165) is 0 Å². The van der Waals surface area contributed by atoms with Crippen molar-refractivity contribution in [3.05, 3.63) is 30.1 Å². The normalized spacial score (nSPS) is 10.7. The summed E-state index contributed by atoms with van der Waals surface area (Å²) in [6.45, 7) is 4.71. The van der Waals surface area contributed by atoms with Gasteiger partial charge in [-0.2, -0.15) is 9.97 Å². The van der Waals surface area contributed by atoms with Crippen LogP contribution in [-0.4, -0.2) is 42.4 Å². The minimum absolute atomic E-state index is 0.0761. The monoisotopic (exact) mass is 335 g/mol. The van der Waals surface area contributed by atoms with E-state index in [9.17, 15) is 0 Å². The van der Waals surface area contributed by atoms with Crippen molar-refractivity contribution in [1.82, 2.24) is 15.0 Å². The number of hydrogen-bond acceptors (Lipinski definition) is 8. The zero-order valence-electron chi connectivity index (χ0n) is 14.2. The van der Waals surface area contributed by atoms with Gasteiger partial charge >= 0.3 is 6.01 Å². The highest BCUT2D eigenvalue weighted by Gasteiger charge is 2.20. The molecule has 0 aromatic carbocycles. The van der Waals surface area contributed by atoms with Gasteiger partial charge in [0.25, 0.3) is 0 Å². The van der Waals surface area contributed by atoms with Crippen molar-refractivity contribution in [2.75, 3.05) is 27.4 Å². The molecule has 0 spiro atoms. The lowest BCUT2D eigenvalue weighted by molar-refractivity contribution is -0.143. The Kier molecular flexibility index (Phi) is 6.71. The molecule has 8 heteroatoms. The van der Waals surface area contributed by atoms with Crippen molar-refractivity contribution in [3.8, 4) is 23.5 Å². The predicted molar refractivity (Wildman–Crippen MR) is 85.4 cm³/mol. The second-order valence-corrected chi connectivity index (χ2v) is 4.47. The molecule has 8 nitrogen and oxygen atoms in total. The Morgan fingerprint density at radius 3 is 2.17 bits per heavy atom. The number of ether oxygens (including phenoxy) is 5. The number of hydrogen-bond donors (Lipinski definition) is 0. The lowest BCUT2D eigenvalue weighted by Crippen LogP contribution is -2.12. The van der Waals surface area contributed by atoms with E-state index >= 15 is 0 Å². The van der Waals surface area contributed by atoms with Crippen molar-refractivity contribution in [2.24, 2.45) is 0 Å². The molecule has 0 saturated carbocycles. The molecule has 130 valence electrons. The number of pyridine rings is 1. The van der Waals surface area contributed by atoms with Crippen LogP contribution in [0.1, 0.15) is 25.8 Å². The molecule has 0 aliphatic heterocycles. The largest absolute Gasteiger partial charge is 0.481 e. The first kappa shape index (κ1) is 17.9. The summed E-state index contributed by atoms with van der Waals surface area (Å²) in [5.74, 6) is 1.08. The molecule has 2 aromatic heterocycles. The highest BCUT2D eigenvalue weighted by Crippen LogP contribution is 2.30. The molecule has 2 heterocycles. The molecule has 0 amide bonds. The highest BCUT2D eigenvalue weighted by molar-refractivity contribution is 5.32.